The van der Waals surface area contributed by atoms with E-state index in [1.165, 1.54) is 30.5 Å². The number of hydrogen-bond acceptors (Lipinski definition) is 6. The van der Waals surface area contributed by atoms with Crippen LogP contribution in [-0.2, 0) is 0 Å². The molecular weight excluding hydrogens is 272 g/mol. The van der Waals surface area contributed by atoms with Gasteiger partial charge in [0.15, 0.2) is 0 Å². The van der Waals surface area contributed by atoms with Crippen molar-refractivity contribution in [1.29, 1.82) is 5.26 Å². The first-order chi connectivity index (χ1) is 9.11. The lowest BCUT2D eigenvalue weighted by atomic mass is 10.3. The minimum absolute atomic E-state index is 0.00918. The average molecular weight is 277 g/mol. The maximum Gasteiger partial charge on any atom is 0.288 e. The molecule has 0 aliphatic rings. The van der Waals surface area contributed by atoms with Crippen LogP contribution >= 0.6 is 11.6 Å². The van der Waals surface area contributed by atoms with Crippen molar-refractivity contribution in [2.75, 3.05) is 0 Å². The van der Waals surface area contributed by atoms with Gasteiger partial charge in [0, 0.05) is 12.1 Å². The average Bonchev–Trinajstić information content (AvgIpc) is 2.39. The van der Waals surface area contributed by atoms with Crippen molar-refractivity contribution in [3.63, 3.8) is 0 Å². The number of nitro benzene ring substituents is 1. The molecule has 0 N–H and O–H groups in total. The third-order valence-electron chi connectivity index (χ3n) is 2.14. The highest BCUT2D eigenvalue weighted by Crippen LogP contribution is 2.30. The molecule has 2 rings (SSSR count). The van der Waals surface area contributed by atoms with Crippen LogP contribution in [0.5, 0.6) is 11.6 Å². The van der Waals surface area contributed by atoms with Crippen LogP contribution < -0.4 is 4.74 Å². The van der Waals surface area contributed by atoms with Crippen LogP contribution in [0.25, 0.3) is 0 Å². The molecule has 1 aromatic carbocycles. The molecule has 2 aromatic rings. The standard InChI is InChI=1S/C11H5ClN4O3/c12-9-5-8(1-2-10(9)16(17)18)19-11-7(6-13)3-4-14-15-11/h1-5H. The summed E-state index contributed by atoms with van der Waals surface area (Å²) in [5.74, 6) is 0.238. The van der Waals surface area contributed by atoms with Gasteiger partial charge in [-0.2, -0.15) is 10.4 Å². The molecule has 0 amide bonds. The minimum atomic E-state index is -0.602. The second kappa shape index (κ2) is 5.29. The van der Waals surface area contributed by atoms with Gasteiger partial charge in [-0.05, 0) is 12.1 Å². The Morgan fingerprint density at radius 1 is 1.42 bits per heavy atom. The fourth-order valence-corrected chi connectivity index (χ4v) is 1.53. The van der Waals surface area contributed by atoms with E-state index in [2.05, 4.69) is 10.2 Å². The maximum absolute atomic E-state index is 10.6. The van der Waals surface area contributed by atoms with Crippen LogP contribution in [0.3, 0.4) is 0 Å². The van der Waals surface area contributed by atoms with E-state index >= 15 is 0 Å². The van der Waals surface area contributed by atoms with Crippen LogP contribution in [0.1, 0.15) is 5.56 Å². The molecular formula is C11H5ClN4O3. The van der Waals surface area contributed by atoms with Gasteiger partial charge in [0.25, 0.3) is 11.6 Å². The van der Waals surface area contributed by atoms with Gasteiger partial charge >= 0.3 is 0 Å². The molecule has 8 heteroatoms. The van der Waals surface area contributed by atoms with E-state index in [9.17, 15) is 10.1 Å². The van der Waals surface area contributed by atoms with Crippen LogP contribution in [0, 0.1) is 21.4 Å². The monoisotopic (exact) mass is 276 g/mol. The van der Waals surface area contributed by atoms with E-state index in [-0.39, 0.29) is 27.9 Å². The van der Waals surface area contributed by atoms with Crippen molar-refractivity contribution in [3.05, 3.63) is 51.2 Å². The molecule has 1 aromatic heterocycles. The molecule has 0 saturated carbocycles. The zero-order chi connectivity index (χ0) is 13.8. The van der Waals surface area contributed by atoms with Crippen LogP contribution in [-0.4, -0.2) is 15.1 Å². The van der Waals surface area contributed by atoms with E-state index in [0.29, 0.717) is 0 Å². The lowest BCUT2D eigenvalue weighted by Crippen LogP contribution is -1.94. The minimum Gasteiger partial charge on any atom is -0.436 e. The number of hydrogen-bond donors (Lipinski definition) is 0. The molecule has 94 valence electrons. The number of nitro groups is 1. The van der Waals surface area contributed by atoms with Crippen molar-refractivity contribution in [3.8, 4) is 17.7 Å². The predicted molar refractivity (Wildman–Crippen MR) is 64.9 cm³/mol. The Morgan fingerprint density at radius 3 is 2.84 bits per heavy atom. The number of aromatic nitrogens is 2. The second-order valence-electron chi connectivity index (χ2n) is 3.33. The van der Waals surface area contributed by atoms with Gasteiger partial charge < -0.3 is 4.74 Å². The highest BCUT2D eigenvalue weighted by molar-refractivity contribution is 6.32. The van der Waals surface area contributed by atoms with Crippen molar-refractivity contribution >= 4 is 17.3 Å². The number of rotatable bonds is 3. The number of ether oxygens (including phenoxy) is 1. The zero-order valence-electron chi connectivity index (χ0n) is 9.28. The Balaban J connectivity index is 2.32. The Kier molecular flexibility index (Phi) is 3.54. The van der Waals surface area contributed by atoms with Gasteiger partial charge in [-0.25, -0.2) is 0 Å². The summed E-state index contributed by atoms with van der Waals surface area (Å²) in [4.78, 5) is 10.0. The largest absolute Gasteiger partial charge is 0.436 e. The van der Waals surface area contributed by atoms with Gasteiger partial charge in [-0.3, -0.25) is 10.1 Å². The van der Waals surface area contributed by atoms with Crippen LogP contribution in [0.4, 0.5) is 5.69 Å². The summed E-state index contributed by atoms with van der Waals surface area (Å²) in [7, 11) is 0. The number of halogens is 1. The van der Waals surface area contributed by atoms with Gasteiger partial charge in [0.05, 0.1) is 11.1 Å². The maximum atomic E-state index is 10.6. The molecule has 7 nitrogen and oxygen atoms in total. The SMILES string of the molecule is N#Cc1ccnnc1Oc1ccc([N+](=O)[O-])c(Cl)c1. The van der Waals surface area contributed by atoms with Crippen molar-refractivity contribution in [2.24, 2.45) is 0 Å². The first-order valence-corrected chi connectivity index (χ1v) is 5.33. The fourth-order valence-electron chi connectivity index (χ4n) is 1.29. The third-order valence-corrected chi connectivity index (χ3v) is 2.44. The van der Waals surface area contributed by atoms with E-state index < -0.39 is 4.92 Å². The van der Waals surface area contributed by atoms with Crippen molar-refractivity contribution in [2.45, 2.75) is 0 Å². The van der Waals surface area contributed by atoms with E-state index in [1.807, 2.05) is 6.07 Å². The summed E-state index contributed by atoms with van der Waals surface area (Å²) < 4.78 is 5.31. The van der Waals surface area contributed by atoms with Gasteiger partial charge in [-0.1, -0.05) is 11.6 Å². The van der Waals surface area contributed by atoms with Crippen LogP contribution in [0.15, 0.2) is 30.5 Å². The molecule has 0 spiro atoms. The fraction of sp³-hybridized carbons (Fsp3) is 0. The third kappa shape index (κ3) is 2.75. The first-order valence-electron chi connectivity index (χ1n) is 4.95. The smallest absolute Gasteiger partial charge is 0.288 e. The quantitative estimate of drug-likeness (QED) is 0.631. The lowest BCUT2D eigenvalue weighted by molar-refractivity contribution is -0.384. The molecule has 0 radical (unpaired) electrons. The predicted octanol–water partition coefficient (Wildman–Crippen LogP) is 2.70. The molecule has 0 unspecified atom stereocenters. The Morgan fingerprint density at radius 2 is 2.21 bits per heavy atom. The normalized spacial score (nSPS) is 9.68. The van der Waals surface area contributed by atoms with Gasteiger partial charge in [0.1, 0.15) is 22.4 Å². The first kappa shape index (κ1) is 12.7. The summed E-state index contributed by atoms with van der Waals surface area (Å²) in [5.41, 5.74) is -0.0295. The van der Waals surface area contributed by atoms with Gasteiger partial charge in [0.2, 0.25) is 0 Å². The Bertz CT molecular complexity index is 684. The van der Waals surface area contributed by atoms with E-state index in [0.717, 1.165) is 0 Å². The molecule has 0 aliphatic heterocycles. The molecule has 1 heterocycles. The highest BCUT2D eigenvalue weighted by Gasteiger charge is 2.14. The van der Waals surface area contributed by atoms with E-state index in [1.54, 1.807) is 0 Å². The highest BCUT2D eigenvalue weighted by atomic mass is 35.5. The van der Waals surface area contributed by atoms with Crippen molar-refractivity contribution in [1.82, 2.24) is 10.2 Å². The molecule has 0 saturated heterocycles. The number of nitrogens with zero attached hydrogens (tertiary/aromatic N) is 4. The summed E-state index contributed by atoms with van der Waals surface area (Å²) in [6, 6.07) is 7.17. The van der Waals surface area contributed by atoms with E-state index in [4.69, 9.17) is 21.6 Å². The summed E-state index contributed by atoms with van der Waals surface area (Å²) in [6.07, 6.45) is 1.36. The number of benzene rings is 1. The molecule has 0 aliphatic carbocycles. The summed E-state index contributed by atoms with van der Waals surface area (Å²) in [5, 5.41) is 26.6. The second-order valence-corrected chi connectivity index (χ2v) is 3.74. The van der Waals surface area contributed by atoms with Crippen LogP contribution in [0.2, 0.25) is 5.02 Å². The topological polar surface area (TPSA) is 102 Å². The summed E-state index contributed by atoms with van der Waals surface area (Å²) >= 11 is 5.74. The number of nitriles is 1. The molecule has 19 heavy (non-hydrogen) atoms. The Labute approximate surface area is 112 Å². The summed E-state index contributed by atoms with van der Waals surface area (Å²) in [6.45, 7) is 0. The molecule has 0 atom stereocenters. The lowest BCUT2D eigenvalue weighted by Gasteiger charge is -2.05. The zero-order valence-corrected chi connectivity index (χ0v) is 10.0. The van der Waals surface area contributed by atoms with Crippen molar-refractivity contribution < 1.29 is 9.66 Å². The molecule has 0 fully saturated rings. The van der Waals surface area contributed by atoms with Gasteiger partial charge in [-0.15, -0.1) is 5.10 Å². The Hall–Kier alpha value is -2.72. The molecule has 0 bridgehead atoms.